The van der Waals surface area contributed by atoms with Gasteiger partial charge in [-0.2, -0.15) is 0 Å². The minimum Gasteiger partial charge on any atom is -0.508 e. The second kappa shape index (κ2) is 9.94. The van der Waals surface area contributed by atoms with Crippen LogP contribution in [-0.2, 0) is 14.3 Å². The summed E-state index contributed by atoms with van der Waals surface area (Å²) in [5, 5.41) is 20.7. The van der Waals surface area contributed by atoms with Gasteiger partial charge in [-0.05, 0) is 43.2 Å². The van der Waals surface area contributed by atoms with Crippen molar-refractivity contribution in [2.45, 2.75) is 19.9 Å². The predicted octanol–water partition coefficient (Wildman–Crippen LogP) is 4.52. The maximum Gasteiger partial charge on any atom is 0.350 e. The minimum atomic E-state index is -1.02. The molecule has 0 spiro atoms. The lowest BCUT2D eigenvalue weighted by Crippen LogP contribution is -2.30. The number of aliphatic hydroxyl groups is 1. The van der Waals surface area contributed by atoms with E-state index in [1.54, 1.807) is 32.1 Å². The number of benzene rings is 2. The first-order valence-electron chi connectivity index (χ1n) is 10.8. The zero-order valence-electron chi connectivity index (χ0n) is 19.0. The Morgan fingerprint density at radius 3 is 2.46 bits per heavy atom. The minimum absolute atomic E-state index is 0.00404. The van der Waals surface area contributed by atoms with Gasteiger partial charge in [-0.15, -0.1) is 0 Å². The van der Waals surface area contributed by atoms with E-state index < -0.39 is 29.5 Å². The average Bonchev–Trinajstić information content (AvgIpc) is 3.36. The number of phenolic OH excluding ortho intramolecular Hbond substituents is 1. The molecule has 35 heavy (non-hydrogen) atoms. The molecule has 0 aliphatic carbocycles. The zero-order chi connectivity index (χ0) is 25.1. The van der Waals surface area contributed by atoms with Crippen molar-refractivity contribution >= 4 is 40.2 Å². The van der Waals surface area contributed by atoms with E-state index in [-0.39, 0.29) is 27.9 Å². The van der Waals surface area contributed by atoms with Gasteiger partial charge in [0.05, 0.1) is 23.9 Å². The van der Waals surface area contributed by atoms with Gasteiger partial charge in [0, 0.05) is 0 Å². The maximum atomic E-state index is 13.2. The number of rotatable bonds is 7. The molecule has 1 aliphatic rings. The summed E-state index contributed by atoms with van der Waals surface area (Å²) in [6.07, 6.45) is 2.89. The molecule has 2 heterocycles. The number of thiazole rings is 1. The lowest BCUT2D eigenvalue weighted by Gasteiger charge is -2.24. The molecule has 0 saturated heterocycles. The Bertz CT molecular complexity index is 1340. The SMILES string of the molecule is CCOC(=O)c1sc(N2C(=O)C(O)=C(C(=O)C=Cc3ccccc3)C2c2ccc(O)cc2)nc1C. The number of anilines is 1. The fraction of sp³-hybridized carbons (Fsp3) is 0.154. The number of esters is 1. The third-order valence-electron chi connectivity index (χ3n) is 5.36. The molecule has 0 saturated carbocycles. The van der Waals surface area contributed by atoms with E-state index in [0.717, 1.165) is 16.9 Å². The molecule has 3 aromatic rings. The number of ether oxygens (including phenoxy) is 1. The average molecular weight is 491 g/mol. The fourth-order valence-corrected chi connectivity index (χ4v) is 4.71. The summed E-state index contributed by atoms with van der Waals surface area (Å²) < 4.78 is 5.07. The second-order valence-electron chi connectivity index (χ2n) is 7.67. The molecule has 1 unspecified atom stereocenters. The van der Waals surface area contributed by atoms with Crippen molar-refractivity contribution in [2.75, 3.05) is 11.5 Å². The van der Waals surface area contributed by atoms with Gasteiger partial charge in [0.15, 0.2) is 16.7 Å². The van der Waals surface area contributed by atoms with Crippen LogP contribution in [0.1, 0.15) is 39.5 Å². The first-order chi connectivity index (χ1) is 16.8. The highest BCUT2D eigenvalue weighted by Gasteiger charge is 2.45. The number of allylic oxidation sites excluding steroid dienone is 1. The standard InChI is InChI=1S/C26H22N2O6S/c1-3-34-25(33)23-15(2)27-26(35-23)28-21(17-10-12-18(29)13-11-17)20(22(31)24(28)32)19(30)14-9-16-7-5-4-6-8-16/h4-14,21,29,31H,3H2,1-2H3. The normalized spacial score (nSPS) is 15.8. The number of aryl methyl sites for hydroxylation is 1. The van der Waals surface area contributed by atoms with Crippen LogP contribution in [0, 0.1) is 6.92 Å². The molecule has 8 nitrogen and oxygen atoms in total. The molecule has 0 radical (unpaired) electrons. The maximum absolute atomic E-state index is 13.2. The Hall–Kier alpha value is -4.24. The number of aliphatic hydroxyl groups excluding tert-OH is 1. The number of hydrogen-bond donors (Lipinski definition) is 2. The van der Waals surface area contributed by atoms with Crippen molar-refractivity contribution < 1.29 is 29.3 Å². The van der Waals surface area contributed by atoms with Crippen LogP contribution >= 0.6 is 11.3 Å². The Labute approximate surface area is 205 Å². The summed E-state index contributed by atoms with van der Waals surface area (Å²) in [6, 6.07) is 14.1. The monoisotopic (exact) mass is 490 g/mol. The van der Waals surface area contributed by atoms with Crippen molar-refractivity contribution in [3.8, 4) is 5.75 Å². The molecular formula is C26H22N2O6S. The van der Waals surface area contributed by atoms with Gasteiger partial charge >= 0.3 is 5.97 Å². The van der Waals surface area contributed by atoms with E-state index in [1.165, 1.54) is 23.1 Å². The van der Waals surface area contributed by atoms with Crippen molar-refractivity contribution in [1.82, 2.24) is 4.98 Å². The molecule has 2 aromatic carbocycles. The van der Waals surface area contributed by atoms with Crippen LogP contribution in [0.3, 0.4) is 0 Å². The Morgan fingerprint density at radius 1 is 1.11 bits per heavy atom. The van der Waals surface area contributed by atoms with Crippen LogP contribution in [0.25, 0.3) is 6.08 Å². The topological polar surface area (TPSA) is 117 Å². The molecular weight excluding hydrogens is 468 g/mol. The van der Waals surface area contributed by atoms with Gasteiger partial charge in [0.1, 0.15) is 10.6 Å². The van der Waals surface area contributed by atoms with E-state index in [9.17, 15) is 24.6 Å². The number of amides is 1. The van der Waals surface area contributed by atoms with Gasteiger partial charge in [-0.3, -0.25) is 14.5 Å². The van der Waals surface area contributed by atoms with Gasteiger partial charge in [0.2, 0.25) is 0 Å². The third-order valence-corrected chi connectivity index (χ3v) is 6.50. The summed E-state index contributed by atoms with van der Waals surface area (Å²) in [6.45, 7) is 3.48. The van der Waals surface area contributed by atoms with E-state index in [0.29, 0.717) is 11.3 Å². The highest BCUT2D eigenvalue weighted by molar-refractivity contribution is 7.17. The molecule has 2 N–H and O–H groups in total. The van der Waals surface area contributed by atoms with Crippen LogP contribution < -0.4 is 4.90 Å². The first-order valence-corrected chi connectivity index (χ1v) is 11.6. The zero-order valence-corrected chi connectivity index (χ0v) is 19.8. The first kappa shape index (κ1) is 23.9. The molecule has 1 aromatic heterocycles. The van der Waals surface area contributed by atoms with Crippen molar-refractivity contribution in [2.24, 2.45) is 0 Å². The van der Waals surface area contributed by atoms with E-state index in [4.69, 9.17) is 4.74 Å². The Kier molecular flexibility index (Phi) is 6.79. The quantitative estimate of drug-likeness (QED) is 0.369. The van der Waals surface area contributed by atoms with E-state index >= 15 is 0 Å². The molecule has 4 rings (SSSR count). The van der Waals surface area contributed by atoms with E-state index in [2.05, 4.69) is 4.98 Å². The highest BCUT2D eigenvalue weighted by Crippen LogP contribution is 2.43. The number of aromatic hydroxyl groups is 1. The van der Waals surface area contributed by atoms with Crippen LogP contribution in [-0.4, -0.2) is 39.5 Å². The smallest absolute Gasteiger partial charge is 0.350 e. The molecule has 1 atom stereocenters. The summed E-state index contributed by atoms with van der Waals surface area (Å²) in [7, 11) is 0. The third kappa shape index (κ3) is 4.71. The molecule has 0 bridgehead atoms. The van der Waals surface area contributed by atoms with Crippen LogP contribution in [0.15, 0.2) is 72.0 Å². The lowest BCUT2D eigenvalue weighted by atomic mass is 9.95. The number of carbonyl (C=O) groups excluding carboxylic acids is 3. The van der Waals surface area contributed by atoms with Gasteiger partial charge in [-0.1, -0.05) is 59.9 Å². The second-order valence-corrected chi connectivity index (χ2v) is 8.65. The molecule has 9 heteroatoms. The van der Waals surface area contributed by atoms with Crippen LogP contribution in [0.5, 0.6) is 5.75 Å². The van der Waals surface area contributed by atoms with Gasteiger partial charge in [0.25, 0.3) is 5.91 Å². The summed E-state index contributed by atoms with van der Waals surface area (Å²) in [5.41, 5.74) is 1.49. The van der Waals surface area contributed by atoms with Crippen molar-refractivity contribution in [3.63, 3.8) is 0 Å². The molecule has 0 fully saturated rings. The highest BCUT2D eigenvalue weighted by atomic mass is 32.1. The summed E-state index contributed by atoms with van der Waals surface area (Å²) in [4.78, 5) is 44.5. The molecule has 178 valence electrons. The number of aromatic nitrogens is 1. The fourth-order valence-electron chi connectivity index (χ4n) is 3.72. The summed E-state index contributed by atoms with van der Waals surface area (Å²) >= 11 is 0.939. The lowest BCUT2D eigenvalue weighted by molar-refractivity contribution is -0.117. The van der Waals surface area contributed by atoms with Crippen molar-refractivity contribution in [1.29, 1.82) is 0 Å². The Morgan fingerprint density at radius 2 is 1.80 bits per heavy atom. The number of phenols is 1. The number of nitrogens with zero attached hydrogens (tertiary/aromatic N) is 2. The predicted molar refractivity (Wildman–Crippen MR) is 131 cm³/mol. The number of ketones is 1. The van der Waals surface area contributed by atoms with Gasteiger partial charge in [-0.25, -0.2) is 9.78 Å². The van der Waals surface area contributed by atoms with E-state index in [1.807, 2.05) is 30.3 Å². The van der Waals surface area contributed by atoms with Crippen LogP contribution in [0.4, 0.5) is 5.13 Å². The Balaban J connectivity index is 1.78. The largest absolute Gasteiger partial charge is 0.508 e. The number of carbonyl (C=O) groups is 3. The van der Waals surface area contributed by atoms with Crippen LogP contribution in [0.2, 0.25) is 0 Å². The van der Waals surface area contributed by atoms with Crippen molar-refractivity contribution in [3.05, 3.63) is 93.7 Å². The van der Waals surface area contributed by atoms with Gasteiger partial charge < -0.3 is 14.9 Å². The molecule has 1 aliphatic heterocycles. The summed E-state index contributed by atoms with van der Waals surface area (Å²) in [5.74, 6) is -2.63. The molecule has 1 amide bonds. The number of hydrogen-bond acceptors (Lipinski definition) is 8.